The van der Waals surface area contributed by atoms with Crippen LogP contribution in [0, 0.1) is 5.82 Å². The summed E-state index contributed by atoms with van der Waals surface area (Å²) in [6.45, 7) is -0.327. The molecule has 1 saturated carbocycles. The molecule has 1 unspecified atom stereocenters. The van der Waals surface area contributed by atoms with Crippen molar-refractivity contribution in [3.05, 3.63) is 58.0 Å². The number of hydrogen-bond donors (Lipinski definition) is 1. The van der Waals surface area contributed by atoms with Crippen LogP contribution >= 0.6 is 11.3 Å². The fraction of sp³-hybridized carbons (Fsp3) is 0.409. The van der Waals surface area contributed by atoms with Gasteiger partial charge in [-0.3, -0.25) is 14.5 Å². The lowest BCUT2D eigenvalue weighted by Crippen LogP contribution is -2.49. The van der Waals surface area contributed by atoms with Crippen molar-refractivity contribution in [3.63, 3.8) is 0 Å². The van der Waals surface area contributed by atoms with Gasteiger partial charge in [0, 0.05) is 11.9 Å². The number of thiophene rings is 1. The zero-order valence-corrected chi connectivity index (χ0v) is 17.6. The van der Waals surface area contributed by atoms with Crippen LogP contribution in [0.1, 0.15) is 48.6 Å². The fourth-order valence-electron chi connectivity index (χ4n) is 4.45. The SMILES string of the molecule is CN1C(=O)N(CC(=O)NC(c2ccc(F)cc2)c2cccs2)C(=O)C12CCCCC2. The molecule has 1 saturated heterocycles. The summed E-state index contributed by atoms with van der Waals surface area (Å²) in [6, 6.07) is 8.79. The number of halogens is 1. The van der Waals surface area contributed by atoms with E-state index in [9.17, 15) is 18.8 Å². The van der Waals surface area contributed by atoms with Gasteiger partial charge in [-0.1, -0.05) is 37.5 Å². The molecule has 0 bridgehead atoms. The van der Waals surface area contributed by atoms with Crippen molar-refractivity contribution in [1.29, 1.82) is 0 Å². The first kappa shape index (κ1) is 20.5. The minimum Gasteiger partial charge on any atom is -0.343 e. The van der Waals surface area contributed by atoms with Crippen LogP contribution in [0.15, 0.2) is 41.8 Å². The number of carbonyl (C=O) groups is 3. The molecule has 30 heavy (non-hydrogen) atoms. The van der Waals surface area contributed by atoms with Gasteiger partial charge >= 0.3 is 6.03 Å². The second-order valence-electron chi connectivity index (χ2n) is 7.89. The third kappa shape index (κ3) is 3.60. The van der Waals surface area contributed by atoms with Gasteiger partial charge in [-0.15, -0.1) is 11.3 Å². The van der Waals surface area contributed by atoms with Gasteiger partial charge in [0.15, 0.2) is 0 Å². The van der Waals surface area contributed by atoms with Crippen LogP contribution in [-0.4, -0.2) is 46.8 Å². The average Bonchev–Trinajstić information content (AvgIpc) is 3.34. The van der Waals surface area contributed by atoms with Gasteiger partial charge in [0.2, 0.25) is 5.91 Å². The fourth-order valence-corrected chi connectivity index (χ4v) is 5.25. The normalized spacial score (nSPS) is 19.4. The van der Waals surface area contributed by atoms with Gasteiger partial charge in [-0.25, -0.2) is 9.18 Å². The van der Waals surface area contributed by atoms with E-state index in [4.69, 9.17) is 0 Å². The van der Waals surface area contributed by atoms with Crippen molar-refractivity contribution in [2.24, 2.45) is 0 Å². The highest BCUT2D eigenvalue weighted by Crippen LogP contribution is 2.39. The van der Waals surface area contributed by atoms with Gasteiger partial charge in [-0.05, 0) is 42.0 Å². The number of benzene rings is 1. The Morgan fingerprint density at radius 2 is 1.87 bits per heavy atom. The summed E-state index contributed by atoms with van der Waals surface area (Å²) in [5.74, 6) is -1.07. The zero-order valence-electron chi connectivity index (χ0n) is 16.8. The third-order valence-electron chi connectivity index (χ3n) is 6.12. The Balaban J connectivity index is 1.52. The standard InChI is InChI=1S/C22H24FN3O3S/c1-25-21(29)26(20(28)22(25)11-3-2-4-12-22)14-18(27)24-19(17-6-5-13-30-17)15-7-9-16(23)10-8-15/h5-10,13,19H,2-4,11-12,14H2,1H3,(H,24,27). The van der Waals surface area contributed by atoms with Gasteiger partial charge in [0.1, 0.15) is 17.9 Å². The minimum atomic E-state index is -0.806. The maximum Gasteiger partial charge on any atom is 0.327 e. The summed E-state index contributed by atoms with van der Waals surface area (Å²) in [5.41, 5.74) is -0.0770. The molecule has 2 fully saturated rings. The van der Waals surface area contributed by atoms with Crippen LogP contribution in [0.2, 0.25) is 0 Å². The molecule has 2 aliphatic rings. The number of nitrogens with one attached hydrogen (secondary N) is 1. The second kappa shape index (κ2) is 8.18. The number of nitrogens with zero attached hydrogens (tertiary/aromatic N) is 2. The Morgan fingerprint density at radius 1 is 1.17 bits per heavy atom. The first-order valence-electron chi connectivity index (χ1n) is 10.1. The molecule has 4 rings (SSSR count). The summed E-state index contributed by atoms with van der Waals surface area (Å²) in [6.07, 6.45) is 4.12. The topological polar surface area (TPSA) is 69.7 Å². The van der Waals surface area contributed by atoms with Crippen molar-refractivity contribution < 1.29 is 18.8 Å². The number of likely N-dealkylation sites (N-methyl/N-ethyl adjacent to an activating group) is 1. The smallest absolute Gasteiger partial charge is 0.327 e. The highest BCUT2D eigenvalue weighted by atomic mass is 32.1. The maximum atomic E-state index is 13.4. The van der Waals surface area contributed by atoms with Crippen molar-refractivity contribution in [2.75, 3.05) is 13.6 Å². The lowest BCUT2D eigenvalue weighted by atomic mass is 9.81. The predicted octanol–water partition coefficient (Wildman–Crippen LogP) is 3.69. The highest BCUT2D eigenvalue weighted by Gasteiger charge is 2.55. The maximum absolute atomic E-state index is 13.4. The van der Waals surface area contributed by atoms with Gasteiger partial charge in [-0.2, -0.15) is 0 Å². The Hall–Kier alpha value is -2.74. The molecular formula is C22H24FN3O3S. The molecule has 1 N–H and O–H groups in total. The molecule has 2 heterocycles. The van der Waals surface area contributed by atoms with E-state index >= 15 is 0 Å². The van der Waals surface area contributed by atoms with Crippen LogP contribution in [0.25, 0.3) is 0 Å². The zero-order chi connectivity index (χ0) is 21.3. The summed E-state index contributed by atoms with van der Waals surface area (Å²) in [4.78, 5) is 42.2. The van der Waals surface area contributed by atoms with E-state index in [0.29, 0.717) is 12.8 Å². The molecule has 2 aromatic rings. The minimum absolute atomic E-state index is 0.278. The molecule has 1 spiro atoms. The average molecular weight is 430 g/mol. The van der Waals surface area contributed by atoms with E-state index in [2.05, 4.69) is 5.32 Å². The Bertz CT molecular complexity index is 939. The molecule has 1 aliphatic carbocycles. The first-order valence-corrected chi connectivity index (χ1v) is 11.0. The molecule has 1 aromatic carbocycles. The number of imide groups is 1. The third-order valence-corrected chi connectivity index (χ3v) is 7.06. The Kier molecular flexibility index (Phi) is 5.60. The molecule has 0 radical (unpaired) electrons. The van der Waals surface area contributed by atoms with Gasteiger partial charge in [0.05, 0.1) is 6.04 Å². The monoisotopic (exact) mass is 429 g/mol. The molecule has 1 aliphatic heterocycles. The largest absolute Gasteiger partial charge is 0.343 e. The Morgan fingerprint density at radius 3 is 2.50 bits per heavy atom. The molecule has 6 nitrogen and oxygen atoms in total. The molecule has 8 heteroatoms. The van der Waals surface area contributed by atoms with E-state index in [1.165, 1.54) is 28.4 Å². The van der Waals surface area contributed by atoms with Crippen LogP contribution in [0.5, 0.6) is 0 Å². The lowest BCUT2D eigenvalue weighted by Gasteiger charge is -2.35. The van der Waals surface area contributed by atoms with Crippen LogP contribution in [0.3, 0.4) is 0 Å². The lowest BCUT2D eigenvalue weighted by molar-refractivity contribution is -0.137. The number of hydrogen-bond acceptors (Lipinski definition) is 4. The summed E-state index contributed by atoms with van der Waals surface area (Å²) >= 11 is 1.47. The number of rotatable bonds is 5. The van der Waals surface area contributed by atoms with Crippen LogP contribution in [-0.2, 0) is 9.59 Å². The van der Waals surface area contributed by atoms with E-state index in [1.54, 1.807) is 19.2 Å². The van der Waals surface area contributed by atoms with E-state index in [1.807, 2.05) is 17.5 Å². The number of amides is 4. The molecular weight excluding hydrogens is 405 g/mol. The first-order chi connectivity index (χ1) is 14.4. The summed E-state index contributed by atoms with van der Waals surface area (Å²) < 4.78 is 13.4. The molecule has 1 aromatic heterocycles. The van der Waals surface area contributed by atoms with Crippen molar-refractivity contribution in [2.45, 2.75) is 43.7 Å². The van der Waals surface area contributed by atoms with E-state index < -0.39 is 23.5 Å². The van der Waals surface area contributed by atoms with Crippen LogP contribution < -0.4 is 5.32 Å². The molecule has 158 valence electrons. The number of carbonyl (C=O) groups excluding carboxylic acids is 3. The van der Waals surface area contributed by atoms with Gasteiger partial charge in [0.25, 0.3) is 5.91 Å². The van der Waals surface area contributed by atoms with E-state index in [-0.39, 0.29) is 18.3 Å². The van der Waals surface area contributed by atoms with Gasteiger partial charge < -0.3 is 10.2 Å². The summed E-state index contributed by atoms with van der Waals surface area (Å²) in [5, 5.41) is 4.81. The van der Waals surface area contributed by atoms with Crippen molar-refractivity contribution in [3.8, 4) is 0 Å². The molecule has 4 amide bonds. The van der Waals surface area contributed by atoms with E-state index in [0.717, 1.165) is 34.6 Å². The number of urea groups is 1. The van der Waals surface area contributed by atoms with Crippen molar-refractivity contribution >= 4 is 29.2 Å². The van der Waals surface area contributed by atoms with Crippen molar-refractivity contribution in [1.82, 2.24) is 15.1 Å². The predicted molar refractivity (Wildman–Crippen MR) is 111 cm³/mol. The summed E-state index contributed by atoms with van der Waals surface area (Å²) in [7, 11) is 1.65. The quantitative estimate of drug-likeness (QED) is 0.737. The second-order valence-corrected chi connectivity index (χ2v) is 8.87. The molecule has 1 atom stereocenters. The highest BCUT2D eigenvalue weighted by molar-refractivity contribution is 7.10. The van der Waals surface area contributed by atoms with Crippen LogP contribution in [0.4, 0.5) is 9.18 Å². The Labute approximate surface area is 178 Å².